The van der Waals surface area contributed by atoms with Crippen molar-refractivity contribution < 1.29 is 9.53 Å². The van der Waals surface area contributed by atoms with E-state index in [1.54, 1.807) is 6.07 Å². The first-order valence-corrected chi connectivity index (χ1v) is 6.50. The van der Waals surface area contributed by atoms with Crippen LogP contribution in [-0.2, 0) is 4.74 Å². The number of nitrogen functional groups attached to an aromatic ring is 1. The third-order valence-corrected chi connectivity index (χ3v) is 3.54. The summed E-state index contributed by atoms with van der Waals surface area (Å²) in [6.45, 7) is 2.02. The molecule has 0 atom stereocenters. The van der Waals surface area contributed by atoms with Crippen molar-refractivity contribution in [1.82, 2.24) is 4.98 Å². The van der Waals surface area contributed by atoms with Crippen LogP contribution in [0.1, 0.15) is 15.9 Å². The van der Waals surface area contributed by atoms with E-state index >= 15 is 0 Å². The standard InChI is InChI=1S/C14H14N2O2S/c1-9-3-5-11(6-4-9)19-13-12(14(17)18-2)7-10(15)8-16-13/h3-8H,15H2,1-2H3. The molecule has 0 saturated heterocycles. The number of hydrogen-bond donors (Lipinski definition) is 1. The lowest BCUT2D eigenvalue weighted by Gasteiger charge is -2.07. The summed E-state index contributed by atoms with van der Waals surface area (Å²) < 4.78 is 4.74. The molecule has 98 valence electrons. The number of carbonyl (C=O) groups excluding carboxylic acids is 1. The minimum absolute atomic E-state index is 0.382. The van der Waals surface area contributed by atoms with Gasteiger partial charge in [0.15, 0.2) is 0 Å². The lowest BCUT2D eigenvalue weighted by Crippen LogP contribution is -2.05. The van der Waals surface area contributed by atoms with Gasteiger partial charge in [-0.25, -0.2) is 9.78 Å². The number of anilines is 1. The Labute approximate surface area is 116 Å². The molecule has 0 spiro atoms. The molecular formula is C14H14N2O2S. The predicted molar refractivity (Wildman–Crippen MR) is 75.3 cm³/mol. The number of hydrogen-bond acceptors (Lipinski definition) is 5. The number of methoxy groups -OCH3 is 1. The Morgan fingerprint density at radius 2 is 2.00 bits per heavy atom. The van der Waals surface area contributed by atoms with E-state index in [9.17, 15) is 4.79 Å². The number of nitrogens with zero attached hydrogens (tertiary/aromatic N) is 1. The van der Waals surface area contributed by atoms with Crippen molar-refractivity contribution in [2.45, 2.75) is 16.8 Å². The largest absolute Gasteiger partial charge is 0.465 e. The molecule has 4 nitrogen and oxygen atoms in total. The summed E-state index contributed by atoms with van der Waals surface area (Å²) in [7, 11) is 1.34. The smallest absolute Gasteiger partial charge is 0.340 e. The fourth-order valence-corrected chi connectivity index (χ4v) is 2.38. The Morgan fingerprint density at radius 3 is 2.63 bits per heavy atom. The molecular weight excluding hydrogens is 260 g/mol. The molecule has 2 rings (SSSR count). The zero-order chi connectivity index (χ0) is 13.8. The van der Waals surface area contributed by atoms with Crippen molar-refractivity contribution in [2.24, 2.45) is 0 Å². The fourth-order valence-electron chi connectivity index (χ4n) is 1.52. The Hall–Kier alpha value is -2.01. The van der Waals surface area contributed by atoms with Crippen LogP contribution < -0.4 is 5.73 Å². The summed E-state index contributed by atoms with van der Waals surface area (Å²) in [6, 6.07) is 9.57. The van der Waals surface area contributed by atoms with Crippen LogP contribution in [0, 0.1) is 6.92 Å². The highest BCUT2D eigenvalue weighted by Gasteiger charge is 2.14. The van der Waals surface area contributed by atoms with Gasteiger partial charge in [0.1, 0.15) is 5.03 Å². The molecule has 0 aliphatic carbocycles. The first-order valence-electron chi connectivity index (χ1n) is 5.68. The van der Waals surface area contributed by atoms with E-state index in [-0.39, 0.29) is 0 Å². The van der Waals surface area contributed by atoms with Crippen LogP contribution in [0.4, 0.5) is 5.69 Å². The van der Waals surface area contributed by atoms with Crippen LogP contribution in [-0.4, -0.2) is 18.1 Å². The number of benzene rings is 1. The molecule has 0 radical (unpaired) electrons. The lowest BCUT2D eigenvalue weighted by atomic mass is 10.2. The summed E-state index contributed by atoms with van der Waals surface area (Å²) in [4.78, 5) is 16.9. The molecule has 0 saturated carbocycles. The lowest BCUT2D eigenvalue weighted by molar-refractivity contribution is 0.0596. The predicted octanol–water partition coefficient (Wildman–Crippen LogP) is 2.91. The van der Waals surface area contributed by atoms with E-state index in [1.165, 1.54) is 30.6 Å². The zero-order valence-electron chi connectivity index (χ0n) is 10.7. The average Bonchev–Trinajstić information content (AvgIpc) is 2.42. The third-order valence-electron chi connectivity index (χ3n) is 2.51. The van der Waals surface area contributed by atoms with Gasteiger partial charge in [-0.2, -0.15) is 0 Å². The highest BCUT2D eigenvalue weighted by molar-refractivity contribution is 7.99. The SMILES string of the molecule is COC(=O)c1cc(N)cnc1Sc1ccc(C)cc1. The summed E-state index contributed by atoms with van der Waals surface area (Å²) in [5, 5.41) is 0.588. The maximum Gasteiger partial charge on any atom is 0.340 e. The topological polar surface area (TPSA) is 65.2 Å². The number of carbonyl (C=O) groups is 1. The Bertz CT molecular complexity index is 597. The Kier molecular flexibility index (Phi) is 4.06. The second-order valence-corrected chi connectivity index (χ2v) is 5.09. The minimum Gasteiger partial charge on any atom is -0.465 e. The first kappa shape index (κ1) is 13.4. The van der Waals surface area contributed by atoms with Crippen LogP contribution in [0.3, 0.4) is 0 Å². The maximum absolute atomic E-state index is 11.7. The van der Waals surface area contributed by atoms with Gasteiger partial charge in [-0.15, -0.1) is 0 Å². The maximum atomic E-state index is 11.7. The molecule has 0 amide bonds. The van der Waals surface area contributed by atoms with Gasteiger partial charge in [0, 0.05) is 4.90 Å². The summed E-state index contributed by atoms with van der Waals surface area (Å²) in [5.41, 5.74) is 7.66. The third kappa shape index (κ3) is 3.26. The molecule has 0 bridgehead atoms. The zero-order valence-corrected chi connectivity index (χ0v) is 11.5. The molecule has 0 aliphatic rings. The van der Waals surface area contributed by atoms with E-state index in [1.807, 2.05) is 31.2 Å². The molecule has 2 aromatic rings. The summed E-state index contributed by atoms with van der Waals surface area (Å²) in [6.07, 6.45) is 1.53. The highest BCUT2D eigenvalue weighted by Crippen LogP contribution is 2.30. The van der Waals surface area contributed by atoms with Crippen molar-refractivity contribution in [3.63, 3.8) is 0 Å². The quantitative estimate of drug-likeness (QED) is 0.872. The Balaban J connectivity index is 2.34. The average molecular weight is 274 g/mol. The van der Waals surface area contributed by atoms with Gasteiger partial charge in [0.25, 0.3) is 0 Å². The van der Waals surface area contributed by atoms with E-state index < -0.39 is 5.97 Å². The van der Waals surface area contributed by atoms with Gasteiger partial charge in [0.2, 0.25) is 0 Å². The van der Waals surface area contributed by atoms with E-state index in [0.29, 0.717) is 16.3 Å². The normalized spacial score (nSPS) is 10.2. The van der Waals surface area contributed by atoms with Gasteiger partial charge in [0.05, 0.1) is 24.6 Å². The van der Waals surface area contributed by atoms with Gasteiger partial charge in [-0.3, -0.25) is 0 Å². The molecule has 2 N–H and O–H groups in total. The Morgan fingerprint density at radius 1 is 1.32 bits per heavy atom. The number of ether oxygens (including phenoxy) is 1. The van der Waals surface area contributed by atoms with Gasteiger partial charge in [-0.1, -0.05) is 29.5 Å². The summed E-state index contributed by atoms with van der Waals surface area (Å²) in [5.74, 6) is -0.436. The molecule has 19 heavy (non-hydrogen) atoms. The molecule has 1 heterocycles. The number of aromatic nitrogens is 1. The van der Waals surface area contributed by atoms with Crippen molar-refractivity contribution in [2.75, 3.05) is 12.8 Å². The van der Waals surface area contributed by atoms with Crippen LogP contribution in [0.2, 0.25) is 0 Å². The number of nitrogens with two attached hydrogens (primary N) is 1. The monoisotopic (exact) mass is 274 g/mol. The molecule has 1 aromatic heterocycles. The second kappa shape index (κ2) is 5.75. The first-order chi connectivity index (χ1) is 9.10. The van der Waals surface area contributed by atoms with Crippen molar-refractivity contribution >= 4 is 23.4 Å². The molecule has 0 unspecified atom stereocenters. The van der Waals surface area contributed by atoms with Crippen LogP contribution >= 0.6 is 11.8 Å². The minimum atomic E-state index is -0.436. The van der Waals surface area contributed by atoms with Gasteiger partial charge < -0.3 is 10.5 Å². The molecule has 0 fully saturated rings. The number of rotatable bonds is 3. The van der Waals surface area contributed by atoms with Gasteiger partial charge in [-0.05, 0) is 25.1 Å². The molecule has 0 aliphatic heterocycles. The van der Waals surface area contributed by atoms with Crippen LogP contribution in [0.25, 0.3) is 0 Å². The van der Waals surface area contributed by atoms with E-state index in [4.69, 9.17) is 10.5 Å². The second-order valence-electron chi connectivity index (χ2n) is 4.03. The number of aryl methyl sites for hydroxylation is 1. The highest BCUT2D eigenvalue weighted by atomic mass is 32.2. The van der Waals surface area contributed by atoms with Crippen molar-refractivity contribution in [3.8, 4) is 0 Å². The van der Waals surface area contributed by atoms with Crippen LogP contribution in [0.15, 0.2) is 46.5 Å². The van der Waals surface area contributed by atoms with Crippen molar-refractivity contribution in [3.05, 3.63) is 47.7 Å². The van der Waals surface area contributed by atoms with Crippen LogP contribution in [0.5, 0.6) is 0 Å². The van der Waals surface area contributed by atoms with E-state index in [0.717, 1.165) is 4.90 Å². The number of esters is 1. The van der Waals surface area contributed by atoms with Crippen molar-refractivity contribution in [1.29, 1.82) is 0 Å². The molecule has 5 heteroatoms. The fraction of sp³-hybridized carbons (Fsp3) is 0.143. The summed E-state index contributed by atoms with van der Waals surface area (Å²) >= 11 is 1.41. The molecule has 1 aromatic carbocycles. The van der Waals surface area contributed by atoms with E-state index in [2.05, 4.69) is 4.98 Å². The number of pyridine rings is 1. The van der Waals surface area contributed by atoms with Gasteiger partial charge >= 0.3 is 5.97 Å².